The van der Waals surface area contributed by atoms with Crippen molar-refractivity contribution in [1.82, 2.24) is 0 Å². The molecule has 2 N–H and O–H groups in total. The fraction of sp³-hybridized carbons (Fsp3) is 0.308. The minimum absolute atomic E-state index is 0.325. The van der Waals surface area contributed by atoms with Crippen LogP contribution in [0.2, 0.25) is 0 Å². The zero-order valence-corrected chi connectivity index (χ0v) is 17.7. The third kappa shape index (κ3) is 3.52. The number of hydrogen-bond acceptors (Lipinski definition) is 2. The highest BCUT2D eigenvalue weighted by Gasteiger charge is 2.30. The minimum atomic E-state index is -0.348. The Bertz CT molecular complexity index is 934. The first-order chi connectivity index (χ1) is 13.0. The average Bonchev–Trinajstić information content (AvgIpc) is 2.61. The summed E-state index contributed by atoms with van der Waals surface area (Å²) in [5.41, 5.74) is 5.46. The largest absolute Gasteiger partial charge is 0.508 e. The van der Waals surface area contributed by atoms with E-state index in [4.69, 9.17) is 0 Å². The lowest BCUT2D eigenvalue weighted by Gasteiger charge is -2.31. The molecule has 0 aliphatic rings. The van der Waals surface area contributed by atoms with Crippen LogP contribution >= 0.6 is 0 Å². The normalized spacial score (nSPS) is 12.2. The van der Waals surface area contributed by atoms with Gasteiger partial charge >= 0.3 is 0 Å². The Morgan fingerprint density at radius 3 is 1.32 bits per heavy atom. The zero-order valence-electron chi connectivity index (χ0n) is 17.7. The topological polar surface area (TPSA) is 40.5 Å². The molecular weight excluding hydrogens is 344 g/mol. The monoisotopic (exact) mass is 374 g/mol. The Hall–Kier alpha value is -2.74. The molecule has 3 aromatic rings. The molecule has 0 saturated heterocycles. The Morgan fingerprint density at radius 1 is 0.571 bits per heavy atom. The van der Waals surface area contributed by atoms with E-state index in [-0.39, 0.29) is 10.8 Å². The lowest BCUT2D eigenvalue weighted by atomic mass is 9.73. The molecule has 28 heavy (non-hydrogen) atoms. The van der Waals surface area contributed by atoms with Gasteiger partial charge in [-0.1, -0.05) is 76.2 Å². The third-order valence-corrected chi connectivity index (χ3v) is 5.96. The summed E-state index contributed by atoms with van der Waals surface area (Å²) >= 11 is 0. The van der Waals surface area contributed by atoms with Crippen molar-refractivity contribution in [3.05, 3.63) is 94.0 Å². The van der Waals surface area contributed by atoms with E-state index >= 15 is 0 Å². The second kappa shape index (κ2) is 7.01. The average molecular weight is 375 g/mol. The molecule has 0 aliphatic heterocycles. The van der Waals surface area contributed by atoms with E-state index in [1.54, 1.807) is 0 Å². The van der Waals surface area contributed by atoms with Gasteiger partial charge in [-0.2, -0.15) is 0 Å². The molecule has 0 aliphatic carbocycles. The van der Waals surface area contributed by atoms with E-state index in [0.717, 1.165) is 33.4 Å². The van der Waals surface area contributed by atoms with Crippen molar-refractivity contribution in [1.29, 1.82) is 0 Å². The highest BCUT2D eigenvalue weighted by Crippen LogP contribution is 2.41. The van der Waals surface area contributed by atoms with Crippen molar-refractivity contribution in [3.63, 3.8) is 0 Å². The molecule has 0 bridgehead atoms. The van der Waals surface area contributed by atoms with Crippen LogP contribution in [-0.2, 0) is 10.8 Å². The van der Waals surface area contributed by atoms with Gasteiger partial charge in [-0.3, -0.25) is 0 Å². The van der Waals surface area contributed by atoms with Gasteiger partial charge in [0.2, 0.25) is 0 Å². The molecule has 0 atom stereocenters. The van der Waals surface area contributed by atoms with Crippen LogP contribution in [0.1, 0.15) is 61.1 Å². The predicted molar refractivity (Wildman–Crippen MR) is 116 cm³/mol. The molecule has 0 saturated carbocycles. The lowest BCUT2D eigenvalue weighted by Crippen LogP contribution is -2.23. The van der Waals surface area contributed by atoms with Gasteiger partial charge in [0, 0.05) is 22.0 Å². The van der Waals surface area contributed by atoms with Crippen LogP contribution in [-0.4, -0.2) is 10.2 Å². The van der Waals surface area contributed by atoms with Crippen molar-refractivity contribution < 1.29 is 10.2 Å². The molecule has 3 rings (SSSR count). The maximum absolute atomic E-state index is 10.5. The first-order valence-corrected chi connectivity index (χ1v) is 9.74. The number of hydrogen-bond donors (Lipinski definition) is 2. The Balaban J connectivity index is 2.08. The van der Waals surface area contributed by atoms with Gasteiger partial charge in [0.15, 0.2) is 0 Å². The van der Waals surface area contributed by atoms with E-state index in [1.165, 1.54) is 0 Å². The smallest absolute Gasteiger partial charge is 0.119 e. The molecule has 0 amide bonds. The van der Waals surface area contributed by atoms with Crippen molar-refractivity contribution in [2.24, 2.45) is 0 Å². The van der Waals surface area contributed by atoms with Gasteiger partial charge in [0.05, 0.1) is 0 Å². The van der Waals surface area contributed by atoms with Crippen molar-refractivity contribution in [2.45, 2.75) is 52.4 Å². The number of benzene rings is 3. The Morgan fingerprint density at radius 2 is 0.964 bits per heavy atom. The van der Waals surface area contributed by atoms with E-state index in [9.17, 15) is 10.2 Å². The standard InChI is InChI=1S/C26H30O2/c1-17-10-12-21(23(27)14-17)25(3,4)19-8-7-9-20(16-19)26(5,6)22-13-11-18(2)15-24(22)28/h7-16,27-28H,1-6H3. The molecular formula is C26H30O2. The van der Waals surface area contributed by atoms with Crippen LogP contribution in [0.3, 0.4) is 0 Å². The Labute approximate surface area is 168 Å². The van der Waals surface area contributed by atoms with Crippen molar-refractivity contribution in [2.75, 3.05) is 0 Å². The summed E-state index contributed by atoms with van der Waals surface area (Å²) in [5, 5.41) is 21.0. The molecule has 0 spiro atoms. The molecule has 2 nitrogen and oxygen atoms in total. The summed E-state index contributed by atoms with van der Waals surface area (Å²) in [6.45, 7) is 12.5. The van der Waals surface area contributed by atoms with Crippen LogP contribution in [0, 0.1) is 13.8 Å². The maximum Gasteiger partial charge on any atom is 0.119 e. The second-order valence-electron chi connectivity index (χ2n) is 8.87. The van der Waals surface area contributed by atoms with Crippen LogP contribution in [0.5, 0.6) is 11.5 Å². The number of phenolic OH excluding ortho intramolecular Hbond substituents is 2. The molecule has 0 fully saturated rings. The van der Waals surface area contributed by atoms with Gasteiger partial charge in [0.25, 0.3) is 0 Å². The second-order valence-corrected chi connectivity index (χ2v) is 8.87. The lowest BCUT2D eigenvalue weighted by molar-refractivity contribution is 0.451. The molecule has 146 valence electrons. The summed E-state index contributed by atoms with van der Waals surface area (Å²) < 4.78 is 0. The molecule has 0 heterocycles. The van der Waals surface area contributed by atoms with Gasteiger partial charge in [-0.05, 0) is 48.2 Å². The van der Waals surface area contributed by atoms with Crippen molar-refractivity contribution in [3.8, 4) is 11.5 Å². The van der Waals surface area contributed by atoms with Crippen LogP contribution < -0.4 is 0 Å². The number of phenols is 2. The molecule has 0 aromatic heterocycles. The number of aryl methyl sites for hydroxylation is 2. The zero-order chi connectivity index (χ0) is 20.7. The summed E-state index contributed by atoms with van der Waals surface area (Å²) in [5.74, 6) is 0.650. The quantitative estimate of drug-likeness (QED) is 0.557. The molecule has 0 radical (unpaired) electrons. The van der Waals surface area contributed by atoms with E-state index in [0.29, 0.717) is 11.5 Å². The highest BCUT2D eigenvalue weighted by molar-refractivity contribution is 5.51. The van der Waals surface area contributed by atoms with Gasteiger partial charge in [0.1, 0.15) is 11.5 Å². The minimum Gasteiger partial charge on any atom is -0.508 e. The molecule has 3 aromatic carbocycles. The fourth-order valence-electron chi connectivity index (χ4n) is 3.95. The van der Waals surface area contributed by atoms with Gasteiger partial charge in [-0.15, -0.1) is 0 Å². The SMILES string of the molecule is Cc1ccc(C(C)(C)c2cccc(C(C)(C)c3ccc(C)cc3O)c2)c(O)c1. The van der Waals surface area contributed by atoms with E-state index < -0.39 is 0 Å². The van der Waals surface area contributed by atoms with E-state index in [2.05, 4.69) is 52.0 Å². The number of aromatic hydroxyl groups is 2. The van der Waals surface area contributed by atoms with Crippen LogP contribution in [0.15, 0.2) is 60.7 Å². The fourth-order valence-corrected chi connectivity index (χ4v) is 3.95. The third-order valence-electron chi connectivity index (χ3n) is 5.96. The summed E-state index contributed by atoms with van der Waals surface area (Å²) in [4.78, 5) is 0. The highest BCUT2D eigenvalue weighted by atomic mass is 16.3. The van der Waals surface area contributed by atoms with Crippen LogP contribution in [0.25, 0.3) is 0 Å². The van der Waals surface area contributed by atoms with Crippen LogP contribution in [0.4, 0.5) is 0 Å². The first-order valence-electron chi connectivity index (χ1n) is 9.74. The molecule has 0 unspecified atom stereocenters. The number of rotatable bonds is 4. The summed E-state index contributed by atoms with van der Waals surface area (Å²) in [6, 6.07) is 20.2. The molecule has 2 heteroatoms. The predicted octanol–water partition coefficient (Wildman–Crippen LogP) is 6.37. The van der Waals surface area contributed by atoms with Gasteiger partial charge in [-0.25, -0.2) is 0 Å². The summed E-state index contributed by atoms with van der Waals surface area (Å²) in [6.07, 6.45) is 0. The van der Waals surface area contributed by atoms with Crippen molar-refractivity contribution >= 4 is 0 Å². The first kappa shape index (κ1) is 20.0. The summed E-state index contributed by atoms with van der Waals surface area (Å²) in [7, 11) is 0. The van der Waals surface area contributed by atoms with Gasteiger partial charge < -0.3 is 10.2 Å². The maximum atomic E-state index is 10.5. The Kier molecular flexibility index (Phi) is 5.01. The van der Waals surface area contributed by atoms with E-state index in [1.807, 2.05) is 50.2 Å².